The quantitative estimate of drug-likeness (QED) is 0.338. The van der Waals surface area contributed by atoms with Crippen molar-refractivity contribution >= 4 is 84.3 Å². The molecule has 1 unspecified atom stereocenters. The normalized spacial score (nSPS) is 1.20. The Balaban J connectivity index is -0.00000000167. The number of rotatable bonds is 0. The first kappa shape index (κ1) is 23.5. The van der Waals surface area contributed by atoms with Crippen LogP contribution in [0.3, 0.4) is 0 Å². The van der Waals surface area contributed by atoms with Crippen LogP contribution in [0.5, 0.6) is 0 Å². The van der Waals surface area contributed by atoms with Crippen molar-refractivity contribution in [3.63, 3.8) is 0 Å². The summed E-state index contributed by atoms with van der Waals surface area (Å²) in [5, 5.41) is 0. The van der Waals surface area contributed by atoms with Gasteiger partial charge in [0.15, 0.2) is 0 Å². The SMILES string of the molecule is P[SeH].[CaH2].[MgH2].[Zn]. The second-order valence-electron chi connectivity index (χ2n) is 0. The predicted octanol–water partition coefficient (Wildman–Crippen LogP) is -2.16. The molecule has 0 aromatic rings. The van der Waals surface area contributed by atoms with E-state index in [1.54, 1.807) is 0 Å². The molecule has 5 heavy (non-hydrogen) atoms. The van der Waals surface area contributed by atoms with Crippen LogP contribution in [0.15, 0.2) is 0 Å². The Kier molecular flexibility index (Phi) is 120. The van der Waals surface area contributed by atoms with E-state index < -0.39 is 0 Å². The molecule has 0 heterocycles. The van der Waals surface area contributed by atoms with Crippen LogP contribution in [-0.4, -0.2) is 76.4 Å². The molecule has 0 amide bonds. The standard InChI is InChI=1S/Ca.Mg.H3PSe.Zn.4H/c;;1-2;;;;;/h;;2H,1H2;;;;;. The van der Waals surface area contributed by atoms with Crippen LogP contribution in [0, 0.1) is 0 Å². The van der Waals surface area contributed by atoms with Gasteiger partial charge in [-0.3, -0.25) is 0 Å². The van der Waals surface area contributed by atoms with E-state index in [0.717, 1.165) is 0 Å². The van der Waals surface area contributed by atoms with Gasteiger partial charge in [-0.15, -0.1) is 0 Å². The Morgan fingerprint density at radius 2 is 1.20 bits per heavy atom. The van der Waals surface area contributed by atoms with Gasteiger partial charge in [-0.05, 0) is 0 Å². The molecule has 0 spiro atoms. The molecule has 0 aliphatic carbocycles. The van der Waals surface area contributed by atoms with Gasteiger partial charge in [-0.25, -0.2) is 0 Å². The molecule has 0 bridgehead atoms. The maximum atomic E-state index is 2.35. The summed E-state index contributed by atoms with van der Waals surface area (Å²) in [7, 11) is 2.35. The molecule has 0 aromatic carbocycles. The van der Waals surface area contributed by atoms with E-state index in [1.165, 1.54) is 0 Å². The molecule has 0 saturated carbocycles. The van der Waals surface area contributed by atoms with Gasteiger partial charge in [0.2, 0.25) is 0 Å². The van der Waals surface area contributed by atoms with Crippen LogP contribution in [0.2, 0.25) is 0 Å². The molecule has 0 aromatic heterocycles. The van der Waals surface area contributed by atoms with E-state index in [1.807, 2.05) is 0 Å². The van der Waals surface area contributed by atoms with Crippen LogP contribution < -0.4 is 0 Å². The summed E-state index contributed by atoms with van der Waals surface area (Å²) < 4.78 is 0. The van der Waals surface area contributed by atoms with Crippen molar-refractivity contribution in [3.8, 4) is 0 Å². The predicted molar refractivity (Wildman–Crippen MR) is 33.9 cm³/mol. The molecule has 0 N–H and O–H groups in total. The minimum Gasteiger partial charge on any atom is 0 e. The van der Waals surface area contributed by atoms with Crippen molar-refractivity contribution < 1.29 is 19.5 Å². The molecule has 24 valence electrons. The number of hydrogen-bond acceptors (Lipinski definition) is 0. The molecule has 5 heteroatoms. The third kappa shape index (κ3) is 18.4. The van der Waals surface area contributed by atoms with E-state index in [0.29, 0.717) is 0 Å². The molecule has 0 aliphatic heterocycles. The average molecular weight is 247 g/mol. The van der Waals surface area contributed by atoms with Gasteiger partial charge in [0, 0.05) is 19.5 Å². The maximum Gasteiger partial charge on any atom is 0.316 e. The number of hydrogen-bond donors (Lipinski definition) is 0. The van der Waals surface area contributed by atoms with E-state index in [4.69, 9.17) is 0 Å². The summed E-state index contributed by atoms with van der Waals surface area (Å²) in [6, 6.07) is 0. The summed E-state index contributed by atoms with van der Waals surface area (Å²) in [6.45, 7) is 0. The van der Waals surface area contributed by atoms with Crippen LogP contribution in [0.1, 0.15) is 0 Å². The first-order valence-electron chi connectivity index (χ1n) is 0.258. The smallest absolute Gasteiger partial charge is 0 e. The van der Waals surface area contributed by atoms with Crippen molar-refractivity contribution in [1.29, 1.82) is 0 Å². The molecule has 1 atom stereocenters. The zero-order chi connectivity index (χ0) is 2.00. The molecular weight excluding hydrogens is 240 g/mol. The Labute approximate surface area is 102 Å². The van der Waals surface area contributed by atoms with E-state index in [2.05, 4.69) is 23.5 Å². The van der Waals surface area contributed by atoms with Crippen LogP contribution in [0.4, 0.5) is 0 Å². The second-order valence-corrected chi connectivity index (χ2v) is 0. The first-order chi connectivity index (χ1) is 1.00. The van der Waals surface area contributed by atoms with Gasteiger partial charge in [0.1, 0.15) is 0 Å². The summed E-state index contributed by atoms with van der Waals surface area (Å²) in [5.41, 5.74) is 0. The topological polar surface area (TPSA) is 0 Å². The summed E-state index contributed by atoms with van der Waals surface area (Å²) in [6.07, 6.45) is 0. The third-order valence-corrected chi connectivity index (χ3v) is 0. The summed E-state index contributed by atoms with van der Waals surface area (Å²) in [5.74, 6) is 0. The summed E-state index contributed by atoms with van der Waals surface area (Å²) in [4.78, 5) is 0. The van der Waals surface area contributed by atoms with E-state index >= 15 is 0 Å². The minimum absolute atomic E-state index is 0. The minimum atomic E-state index is 0. The van der Waals surface area contributed by atoms with Gasteiger partial charge in [-0.2, -0.15) is 0 Å². The Bertz CT molecular complexity index is 11.6. The molecule has 0 rings (SSSR count). The van der Waals surface area contributed by atoms with Crippen LogP contribution >= 0.6 is 7.93 Å². The molecule has 0 fully saturated rings. The zero-order valence-corrected chi connectivity index (χ0v) is 7.73. The van der Waals surface area contributed by atoms with Crippen molar-refractivity contribution in [2.75, 3.05) is 0 Å². The monoisotopic (exact) mass is 246 g/mol. The van der Waals surface area contributed by atoms with Gasteiger partial charge in [-0.1, -0.05) is 0 Å². The molecule has 0 nitrogen and oxygen atoms in total. The molecule has 0 aliphatic rings. The molecule has 0 saturated heterocycles. The largest absolute Gasteiger partial charge is 0.316 e. The maximum absolute atomic E-state index is 2.35. The Hall–Kier alpha value is 3.60. The van der Waals surface area contributed by atoms with Crippen LogP contribution in [0.25, 0.3) is 0 Å². The van der Waals surface area contributed by atoms with Crippen LogP contribution in [-0.2, 0) is 19.5 Å². The van der Waals surface area contributed by atoms with E-state index in [-0.39, 0.29) is 80.3 Å². The fourth-order valence-corrected chi connectivity index (χ4v) is 0. The van der Waals surface area contributed by atoms with Gasteiger partial charge < -0.3 is 0 Å². The zero-order valence-electron chi connectivity index (χ0n) is 1.73. The van der Waals surface area contributed by atoms with Gasteiger partial charge in [0.05, 0.1) is 0 Å². The Morgan fingerprint density at radius 1 is 1.20 bits per heavy atom. The van der Waals surface area contributed by atoms with Gasteiger partial charge >= 0.3 is 84.3 Å². The van der Waals surface area contributed by atoms with Crippen molar-refractivity contribution in [1.82, 2.24) is 0 Å². The third-order valence-electron chi connectivity index (χ3n) is 0. The first-order valence-corrected chi connectivity index (χ1v) is 4.02. The summed E-state index contributed by atoms with van der Waals surface area (Å²) >= 11 is 2.23. The van der Waals surface area contributed by atoms with Gasteiger partial charge in [0.25, 0.3) is 0 Å². The average Bonchev–Trinajstić information content (AvgIpc) is 1.00. The van der Waals surface area contributed by atoms with Crippen molar-refractivity contribution in [3.05, 3.63) is 0 Å². The molecule has 0 radical (unpaired) electrons. The fourth-order valence-electron chi connectivity index (χ4n) is 0. The van der Waals surface area contributed by atoms with E-state index in [9.17, 15) is 0 Å². The Morgan fingerprint density at radius 3 is 1.20 bits per heavy atom. The second kappa shape index (κ2) is 25.5. The van der Waals surface area contributed by atoms with Crippen molar-refractivity contribution in [2.24, 2.45) is 0 Å². The van der Waals surface area contributed by atoms with Crippen molar-refractivity contribution in [2.45, 2.75) is 0 Å². The fraction of sp³-hybridized carbons (Fsp3) is 0. The molecular formula is H7CaMgPSeZn.